The van der Waals surface area contributed by atoms with Crippen molar-refractivity contribution >= 4 is 28.6 Å². The second-order valence-corrected chi connectivity index (χ2v) is 6.87. The molecule has 0 aliphatic carbocycles. The summed E-state index contributed by atoms with van der Waals surface area (Å²) in [5, 5.41) is 3.73. The number of nitrogens with one attached hydrogen (secondary N) is 1. The molecule has 136 valence electrons. The Labute approximate surface area is 152 Å². The number of ether oxygens (including phenoxy) is 1. The van der Waals surface area contributed by atoms with Gasteiger partial charge in [0, 0.05) is 26.3 Å². The third-order valence-corrected chi connectivity index (χ3v) is 4.85. The minimum absolute atomic E-state index is 0.0634. The van der Waals surface area contributed by atoms with E-state index >= 15 is 0 Å². The number of hydrogen-bond donors (Lipinski definition) is 1. The molecule has 1 atom stereocenters. The molecule has 0 bridgehead atoms. The van der Waals surface area contributed by atoms with Crippen LogP contribution in [0.25, 0.3) is 10.9 Å². The second-order valence-electron chi connectivity index (χ2n) is 5.56. The normalized spacial score (nSPS) is 12.3. The van der Waals surface area contributed by atoms with Crippen molar-refractivity contribution in [3.05, 3.63) is 34.6 Å². The molecule has 0 aliphatic heterocycles. The summed E-state index contributed by atoms with van der Waals surface area (Å²) in [7, 11) is 0. The quantitative estimate of drug-likeness (QED) is 0.421. The predicted molar refractivity (Wildman–Crippen MR) is 101 cm³/mol. The van der Waals surface area contributed by atoms with Gasteiger partial charge < -0.3 is 10.1 Å². The lowest BCUT2D eigenvalue weighted by atomic mass is 10.2. The van der Waals surface area contributed by atoms with Crippen molar-refractivity contribution in [3.63, 3.8) is 0 Å². The summed E-state index contributed by atoms with van der Waals surface area (Å²) in [6.07, 6.45) is 0.783. The van der Waals surface area contributed by atoms with Gasteiger partial charge in [0.25, 0.3) is 5.56 Å². The average Bonchev–Trinajstić information content (AvgIpc) is 2.61. The number of nitrogens with zero attached hydrogens (tertiary/aromatic N) is 2. The van der Waals surface area contributed by atoms with Crippen molar-refractivity contribution in [3.8, 4) is 0 Å². The Morgan fingerprint density at radius 2 is 2.12 bits per heavy atom. The molecule has 1 aromatic carbocycles. The van der Waals surface area contributed by atoms with Crippen LogP contribution < -0.4 is 10.9 Å². The molecule has 1 heterocycles. The number of fused-ring (bicyclic) bond motifs is 1. The van der Waals surface area contributed by atoms with Gasteiger partial charge in [0.1, 0.15) is 0 Å². The van der Waals surface area contributed by atoms with Crippen molar-refractivity contribution in [2.24, 2.45) is 0 Å². The zero-order valence-electron chi connectivity index (χ0n) is 14.9. The van der Waals surface area contributed by atoms with E-state index in [1.165, 1.54) is 11.8 Å². The minimum atomic E-state index is -0.335. The number of thioether (sulfide) groups is 1. The van der Waals surface area contributed by atoms with Crippen LogP contribution in [-0.2, 0) is 16.1 Å². The average molecular weight is 363 g/mol. The molecule has 2 aromatic rings. The molecule has 2 rings (SSSR count). The molecule has 1 N–H and O–H groups in total. The first-order chi connectivity index (χ1) is 12.1. The Morgan fingerprint density at radius 3 is 2.84 bits per heavy atom. The van der Waals surface area contributed by atoms with Crippen LogP contribution in [0.3, 0.4) is 0 Å². The fourth-order valence-corrected chi connectivity index (χ4v) is 3.40. The highest BCUT2D eigenvalue weighted by molar-refractivity contribution is 8.00. The molecule has 0 saturated carbocycles. The third kappa shape index (κ3) is 5.06. The molecule has 1 unspecified atom stereocenters. The van der Waals surface area contributed by atoms with E-state index in [0.29, 0.717) is 42.4 Å². The van der Waals surface area contributed by atoms with Gasteiger partial charge in [-0.1, -0.05) is 23.9 Å². The Balaban J connectivity index is 2.08. The largest absolute Gasteiger partial charge is 0.382 e. The van der Waals surface area contributed by atoms with Crippen molar-refractivity contribution in [1.29, 1.82) is 0 Å². The lowest BCUT2D eigenvalue weighted by Crippen LogP contribution is -2.33. The molecule has 1 amide bonds. The van der Waals surface area contributed by atoms with Gasteiger partial charge in [0.2, 0.25) is 5.91 Å². The van der Waals surface area contributed by atoms with Gasteiger partial charge in [-0.05, 0) is 39.3 Å². The lowest BCUT2D eigenvalue weighted by molar-refractivity contribution is -0.120. The molecule has 1 aromatic heterocycles. The molecule has 25 heavy (non-hydrogen) atoms. The third-order valence-electron chi connectivity index (χ3n) is 3.76. The number of carbonyl (C=O) groups excluding carboxylic acids is 1. The summed E-state index contributed by atoms with van der Waals surface area (Å²) in [4.78, 5) is 29.4. The summed E-state index contributed by atoms with van der Waals surface area (Å²) >= 11 is 1.31. The highest BCUT2D eigenvalue weighted by atomic mass is 32.2. The molecule has 0 aliphatic rings. The molecular weight excluding hydrogens is 338 g/mol. The van der Waals surface area contributed by atoms with Gasteiger partial charge in [0.15, 0.2) is 5.16 Å². The van der Waals surface area contributed by atoms with Crippen molar-refractivity contribution in [2.45, 2.75) is 44.1 Å². The van der Waals surface area contributed by atoms with Gasteiger partial charge in [-0.15, -0.1) is 0 Å². The van der Waals surface area contributed by atoms with Gasteiger partial charge in [0.05, 0.1) is 16.2 Å². The van der Waals surface area contributed by atoms with E-state index in [1.54, 1.807) is 10.6 Å². The predicted octanol–water partition coefficient (Wildman–Crippen LogP) is 2.44. The lowest BCUT2D eigenvalue weighted by Gasteiger charge is -2.15. The van der Waals surface area contributed by atoms with Crippen LogP contribution in [0.5, 0.6) is 0 Å². The van der Waals surface area contributed by atoms with E-state index in [9.17, 15) is 9.59 Å². The molecule has 0 saturated heterocycles. The van der Waals surface area contributed by atoms with Crippen LogP contribution in [0.15, 0.2) is 34.2 Å². The van der Waals surface area contributed by atoms with E-state index in [4.69, 9.17) is 4.74 Å². The summed E-state index contributed by atoms with van der Waals surface area (Å²) in [5.74, 6) is -0.0634. The summed E-state index contributed by atoms with van der Waals surface area (Å²) in [6.45, 7) is 8.09. The zero-order valence-corrected chi connectivity index (χ0v) is 15.8. The van der Waals surface area contributed by atoms with Crippen molar-refractivity contribution < 1.29 is 9.53 Å². The number of rotatable bonds is 9. The summed E-state index contributed by atoms with van der Waals surface area (Å²) in [6, 6.07) is 7.28. The number of benzene rings is 1. The Morgan fingerprint density at radius 1 is 1.36 bits per heavy atom. The maximum atomic E-state index is 12.6. The SMILES string of the molecule is CCOCCCNC(=O)C(C)Sc1nc2ccccc2c(=O)n1CC. The monoisotopic (exact) mass is 363 g/mol. The van der Waals surface area contributed by atoms with Crippen LogP contribution >= 0.6 is 11.8 Å². The zero-order chi connectivity index (χ0) is 18.2. The smallest absolute Gasteiger partial charge is 0.262 e. The number of carbonyl (C=O) groups is 1. The number of aromatic nitrogens is 2. The molecular formula is C18H25N3O3S. The number of hydrogen-bond acceptors (Lipinski definition) is 5. The first-order valence-electron chi connectivity index (χ1n) is 8.60. The highest BCUT2D eigenvalue weighted by Crippen LogP contribution is 2.22. The second kappa shape index (κ2) is 9.58. The number of para-hydroxylation sites is 1. The molecule has 0 spiro atoms. The van der Waals surface area contributed by atoms with Crippen LogP contribution in [0, 0.1) is 0 Å². The van der Waals surface area contributed by atoms with Gasteiger partial charge in [-0.3, -0.25) is 14.2 Å². The van der Waals surface area contributed by atoms with Crippen molar-refractivity contribution in [2.75, 3.05) is 19.8 Å². The topological polar surface area (TPSA) is 73.2 Å². The van der Waals surface area contributed by atoms with Gasteiger partial charge in [-0.25, -0.2) is 4.98 Å². The Hall–Kier alpha value is -1.86. The maximum Gasteiger partial charge on any atom is 0.262 e. The highest BCUT2D eigenvalue weighted by Gasteiger charge is 2.18. The fraction of sp³-hybridized carbons (Fsp3) is 0.500. The fourth-order valence-electron chi connectivity index (χ4n) is 2.40. The summed E-state index contributed by atoms with van der Waals surface area (Å²) in [5.41, 5.74) is 0.587. The Bertz CT molecular complexity index is 776. The van der Waals surface area contributed by atoms with Crippen LogP contribution in [-0.4, -0.2) is 40.5 Å². The van der Waals surface area contributed by atoms with Crippen molar-refractivity contribution in [1.82, 2.24) is 14.9 Å². The molecule has 0 fully saturated rings. The van der Waals surface area contributed by atoms with E-state index in [-0.39, 0.29) is 16.7 Å². The molecule has 6 nitrogen and oxygen atoms in total. The van der Waals surface area contributed by atoms with Crippen LogP contribution in [0.1, 0.15) is 27.2 Å². The summed E-state index contributed by atoms with van der Waals surface area (Å²) < 4.78 is 6.87. The molecule has 0 radical (unpaired) electrons. The van der Waals surface area contributed by atoms with E-state index in [2.05, 4.69) is 10.3 Å². The standard InChI is InChI=1S/C18H25N3O3S/c1-4-21-17(23)14-9-6-7-10-15(14)20-18(21)25-13(3)16(22)19-11-8-12-24-5-2/h6-7,9-10,13H,4-5,8,11-12H2,1-3H3,(H,19,22). The first-order valence-corrected chi connectivity index (χ1v) is 9.48. The Kier molecular flexibility index (Phi) is 7.46. The van der Waals surface area contributed by atoms with E-state index in [0.717, 1.165) is 6.42 Å². The number of amides is 1. The van der Waals surface area contributed by atoms with Gasteiger partial charge in [-0.2, -0.15) is 0 Å². The van der Waals surface area contributed by atoms with Crippen LogP contribution in [0.4, 0.5) is 0 Å². The van der Waals surface area contributed by atoms with E-state index < -0.39 is 0 Å². The van der Waals surface area contributed by atoms with Crippen LogP contribution in [0.2, 0.25) is 0 Å². The maximum absolute atomic E-state index is 12.6. The molecule has 7 heteroatoms. The van der Waals surface area contributed by atoms with Gasteiger partial charge >= 0.3 is 0 Å². The first kappa shape index (κ1) is 19.5. The minimum Gasteiger partial charge on any atom is -0.382 e. The van der Waals surface area contributed by atoms with E-state index in [1.807, 2.05) is 39.0 Å².